The van der Waals surface area contributed by atoms with Gasteiger partial charge in [0.15, 0.2) is 17.6 Å². The molecule has 0 aliphatic heterocycles. The van der Waals surface area contributed by atoms with Crippen LogP contribution >= 0.6 is 0 Å². The Labute approximate surface area is 142 Å². The molecule has 128 valence electrons. The third kappa shape index (κ3) is 4.41. The number of anilines is 1. The maximum atomic E-state index is 12.5. The SMILES string of the molecule is CC[C@H](Oc1cccc(C)c1)C(=O)Nc1ccc(OC)c(OC)c1. The molecule has 0 aliphatic carbocycles. The van der Waals surface area contributed by atoms with Gasteiger partial charge in [0, 0.05) is 11.8 Å². The highest BCUT2D eigenvalue weighted by molar-refractivity contribution is 5.94. The van der Waals surface area contributed by atoms with Crippen LogP contribution in [0.3, 0.4) is 0 Å². The van der Waals surface area contributed by atoms with Crippen LogP contribution < -0.4 is 19.5 Å². The van der Waals surface area contributed by atoms with Gasteiger partial charge in [-0.1, -0.05) is 19.1 Å². The lowest BCUT2D eigenvalue weighted by molar-refractivity contribution is -0.122. The molecule has 5 nitrogen and oxygen atoms in total. The highest BCUT2D eigenvalue weighted by atomic mass is 16.5. The Kier molecular flexibility index (Phi) is 6.07. The highest BCUT2D eigenvalue weighted by Gasteiger charge is 2.19. The zero-order valence-electron chi connectivity index (χ0n) is 14.5. The van der Waals surface area contributed by atoms with Crippen LogP contribution in [-0.4, -0.2) is 26.2 Å². The van der Waals surface area contributed by atoms with Crippen molar-refractivity contribution in [3.8, 4) is 17.2 Å². The standard InChI is InChI=1S/C19H23NO4/c1-5-16(24-15-8-6-7-13(2)11-15)19(21)20-14-9-10-17(22-3)18(12-14)23-4/h6-12,16H,5H2,1-4H3,(H,20,21)/t16-/m0/s1. The summed E-state index contributed by atoms with van der Waals surface area (Å²) in [5, 5.41) is 2.85. The van der Waals surface area contributed by atoms with E-state index in [1.807, 2.05) is 38.1 Å². The van der Waals surface area contributed by atoms with Gasteiger partial charge in [0.2, 0.25) is 0 Å². The lowest BCUT2D eigenvalue weighted by Crippen LogP contribution is -2.32. The number of rotatable bonds is 7. The maximum absolute atomic E-state index is 12.5. The Hall–Kier alpha value is -2.69. The lowest BCUT2D eigenvalue weighted by atomic mass is 10.2. The number of aryl methyl sites for hydroxylation is 1. The van der Waals surface area contributed by atoms with E-state index in [0.717, 1.165) is 5.56 Å². The fourth-order valence-electron chi connectivity index (χ4n) is 2.31. The summed E-state index contributed by atoms with van der Waals surface area (Å²) in [6.45, 7) is 3.90. The van der Waals surface area contributed by atoms with E-state index in [9.17, 15) is 4.79 Å². The summed E-state index contributed by atoms with van der Waals surface area (Å²) in [5.41, 5.74) is 1.71. The molecule has 0 heterocycles. The van der Waals surface area contributed by atoms with Crippen LogP contribution in [0.2, 0.25) is 0 Å². The summed E-state index contributed by atoms with van der Waals surface area (Å²) < 4.78 is 16.3. The number of carbonyl (C=O) groups is 1. The molecule has 1 atom stereocenters. The molecule has 0 spiro atoms. The molecule has 0 fully saturated rings. The molecule has 0 bridgehead atoms. The van der Waals surface area contributed by atoms with Gasteiger partial charge in [-0.2, -0.15) is 0 Å². The number of amides is 1. The average molecular weight is 329 g/mol. The van der Waals surface area contributed by atoms with Crippen molar-refractivity contribution < 1.29 is 19.0 Å². The van der Waals surface area contributed by atoms with E-state index in [4.69, 9.17) is 14.2 Å². The number of carbonyl (C=O) groups excluding carboxylic acids is 1. The number of ether oxygens (including phenoxy) is 3. The summed E-state index contributed by atoms with van der Waals surface area (Å²) in [6, 6.07) is 12.9. The highest BCUT2D eigenvalue weighted by Crippen LogP contribution is 2.30. The minimum absolute atomic E-state index is 0.203. The van der Waals surface area contributed by atoms with Crippen LogP contribution in [-0.2, 0) is 4.79 Å². The van der Waals surface area contributed by atoms with Crippen LogP contribution in [0.4, 0.5) is 5.69 Å². The predicted molar refractivity (Wildman–Crippen MR) is 94.1 cm³/mol. The number of benzene rings is 2. The van der Waals surface area contributed by atoms with Gasteiger partial charge < -0.3 is 19.5 Å². The molecule has 2 rings (SSSR count). The minimum atomic E-state index is -0.570. The smallest absolute Gasteiger partial charge is 0.265 e. The summed E-state index contributed by atoms with van der Waals surface area (Å²) in [6.07, 6.45) is -0.00698. The Balaban J connectivity index is 2.09. The van der Waals surface area contributed by atoms with Crippen LogP contribution in [0.5, 0.6) is 17.2 Å². The van der Waals surface area contributed by atoms with Gasteiger partial charge in [-0.15, -0.1) is 0 Å². The van der Waals surface area contributed by atoms with Crippen molar-refractivity contribution in [2.24, 2.45) is 0 Å². The van der Waals surface area contributed by atoms with Gasteiger partial charge in [0.1, 0.15) is 5.75 Å². The Morgan fingerprint density at radius 2 is 1.83 bits per heavy atom. The van der Waals surface area contributed by atoms with Crippen molar-refractivity contribution in [1.82, 2.24) is 0 Å². The summed E-state index contributed by atoms with van der Waals surface area (Å²) in [4.78, 5) is 12.5. The number of methoxy groups -OCH3 is 2. The molecule has 1 N–H and O–H groups in total. The molecule has 0 aromatic heterocycles. The Bertz CT molecular complexity index is 700. The van der Waals surface area contributed by atoms with Gasteiger partial charge in [0.25, 0.3) is 5.91 Å². The van der Waals surface area contributed by atoms with E-state index in [1.165, 1.54) is 0 Å². The van der Waals surface area contributed by atoms with Gasteiger partial charge in [0.05, 0.1) is 14.2 Å². The molecule has 0 aliphatic rings. The Morgan fingerprint density at radius 1 is 1.08 bits per heavy atom. The first-order chi connectivity index (χ1) is 11.6. The van der Waals surface area contributed by atoms with Crippen molar-refractivity contribution in [2.75, 3.05) is 19.5 Å². The van der Waals surface area contributed by atoms with Crippen LogP contribution in [0.25, 0.3) is 0 Å². The molecule has 5 heteroatoms. The van der Waals surface area contributed by atoms with Gasteiger partial charge in [-0.05, 0) is 43.2 Å². The molecule has 2 aromatic carbocycles. The van der Waals surface area contributed by atoms with Crippen LogP contribution in [0.1, 0.15) is 18.9 Å². The summed E-state index contributed by atoms with van der Waals surface area (Å²) in [7, 11) is 3.12. The molecule has 0 saturated heterocycles. The van der Waals surface area contributed by atoms with Gasteiger partial charge >= 0.3 is 0 Å². The first kappa shape index (κ1) is 17.7. The molecular formula is C19H23NO4. The van der Waals surface area contributed by atoms with E-state index in [-0.39, 0.29) is 5.91 Å². The predicted octanol–water partition coefficient (Wildman–Crippen LogP) is 3.81. The quantitative estimate of drug-likeness (QED) is 0.839. The van der Waals surface area contributed by atoms with Gasteiger partial charge in [-0.3, -0.25) is 4.79 Å². The topological polar surface area (TPSA) is 56.8 Å². The first-order valence-corrected chi connectivity index (χ1v) is 7.83. The fraction of sp³-hybridized carbons (Fsp3) is 0.316. The van der Waals surface area contributed by atoms with Crippen molar-refractivity contribution in [3.63, 3.8) is 0 Å². The molecule has 0 unspecified atom stereocenters. The fourth-order valence-corrected chi connectivity index (χ4v) is 2.31. The van der Waals surface area contributed by atoms with Crippen molar-refractivity contribution in [3.05, 3.63) is 48.0 Å². The number of nitrogens with one attached hydrogen (secondary N) is 1. The third-order valence-corrected chi connectivity index (χ3v) is 3.58. The average Bonchev–Trinajstić information content (AvgIpc) is 2.59. The van der Waals surface area contributed by atoms with Crippen LogP contribution in [0.15, 0.2) is 42.5 Å². The van der Waals surface area contributed by atoms with Gasteiger partial charge in [-0.25, -0.2) is 0 Å². The molecule has 1 amide bonds. The van der Waals surface area contributed by atoms with E-state index in [2.05, 4.69) is 5.32 Å². The second kappa shape index (κ2) is 8.24. The second-order valence-electron chi connectivity index (χ2n) is 5.39. The Morgan fingerprint density at radius 3 is 2.46 bits per heavy atom. The van der Waals surface area contributed by atoms with E-state index >= 15 is 0 Å². The first-order valence-electron chi connectivity index (χ1n) is 7.83. The number of hydrogen-bond donors (Lipinski definition) is 1. The van der Waals surface area contributed by atoms with E-state index < -0.39 is 6.10 Å². The molecular weight excluding hydrogens is 306 g/mol. The molecule has 2 aromatic rings. The second-order valence-corrected chi connectivity index (χ2v) is 5.39. The monoisotopic (exact) mass is 329 g/mol. The maximum Gasteiger partial charge on any atom is 0.265 e. The molecule has 24 heavy (non-hydrogen) atoms. The zero-order chi connectivity index (χ0) is 17.5. The van der Waals surface area contributed by atoms with Crippen molar-refractivity contribution >= 4 is 11.6 Å². The van der Waals surface area contributed by atoms with E-state index in [0.29, 0.717) is 29.4 Å². The van der Waals surface area contributed by atoms with Crippen molar-refractivity contribution in [1.29, 1.82) is 0 Å². The zero-order valence-corrected chi connectivity index (χ0v) is 14.5. The van der Waals surface area contributed by atoms with E-state index in [1.54, 1.807) is 32.4 Å². The summed E-state index contributed by atoms with van der Waals surface area (Å²) in [5.74, 6) is 1.65. The molecule has 0 radical (unpaired) electrons. The third-order valence-electron chi connectivity index (χ3n) is 3.58. The molecule has 0 saturated carbocycles. The minimum Gasteiger partial charge on any atom is -0.493 e. The van der Waals surface area contributed by atoms with Crippen LogP contribution in [0, 0.1) is 6.92 Å². The lowest BCUT2D eigenvalue weighted by Gasteiger charge is -2.18. The van der Waals surface area contributed by atoms with Crippen molar-refractivity contribution in [2.45, 2.75) is 26.4 Å². The summed E-state index contributed by atoms with van der Waals surface area (Å²) >= 11 is 0. The largest absolute Gasteiger partial charge is 0.493 e. The number of hydrogen-bond acceptors (Lipinski definition) is 4. The normalized spacial score (nSPS) is 11.5.